The average Bonchev–Trinajstić information content (AvgIpc) is 2.77. The molecule has 32 heavy (non-hydrogen) atoms. The Bertz CT molecular complexity index is 1020. The van der Waals surface area contributed by atoms with Gasteiger partial charge in [0.2, 0.25) is 10.0 Å². The van der Waals surface area contributed by atoms with Crippen LogP contribution < -0.4 is 10.0 Å². The van der Waals surface area contributed by atoms with Crippen LogP contribution in [-0.4, -0.2) is 45.0 Å². The molecule has 0 aliphatic carbocycles. The highest BCUT2D eigenvalue weighted by Crippen LogP contribution is 2.18. The van der Waals surface area contributed by atoms with Crippen LogP contribution in [0, 0.1) is 0 Å². The molecule has 0 aromatic heterocycles. The molecular weight excluding hydrogens is 443 g/mol. The Morgan fingerprint density at radius 1 is 0.938 bits per heavy atom. The van der Waals surface area contributed by atoms with E-state index >= 15 is 0 Å². The number of rotatable bonds is 8. The van der Waals surface area contributed by atoms with E-state index < -0.39 is 28.7 Å². The molecule has 2 aromatic rings. The molecule has 1 fully saturated rings. The van der Waals surface area contributed by atoms with Crippen LogP contribution >= 0.6 is 0 Å². The zero-order valence-corrected chi connectivity index (χ0v) is 18.3. The minimum atomic E-state index is -4.52. The summed E-state index contributed by atoms with van der Waals surface area (Å²) in [5.74, 6) is -0.925. The molecule has 6 nitrogen and oxygen atoms in total. The van der Waals surface area contributed by atoms with E-state index in [0.717, 1.165) is 30.8 Å². The molecule has 1 heterocycles. The Morgan fingerprint density at radius 3 is 2.19 bits per heavy atom. The van der Waals surface area contributed by atoms with Crippen LogP contribution in [0.5, 0.6) is 0 Å². The molecule has 174 valence electrons. The number of hydrogen-bond donors (Lipinski definition) is 2. The molecule has 1 aliphatic rings. The summed E-state index contributed by atoms with van der Waals surface area (Å²) in [5, 5.41) is 1.75. The lowest BCUT2D eigenvalue weighted by Crippen LogP contribution is -2.33. The number of likely N-dealkylation sites (tertiary alicyclic amines) is 1. The van der Waals surface area contributed by atoms with Gasteiger partial charge in [0.15, 0.2) is 0 Å². The van der Waals surface area contributed by atoms with Gasteiger partial charge in [-0.3, -0.25) is 9.69 Å². The van der Waals surface area contributed by atoms with Gasteiger partial charge in [-0.25, -0.2) is 13.1 Å². The summed E-state index contributed by atoms with van der Waals surface area (Å²) in [6.07, 6.45) is -0.952. The fourth-order valence-electron chi connectivity index (χ4n) is 3.57. The number of sulfonamides is 1. The van der Waals surface area contributed by atoms with Crippen molar-refractivity contribution < 1.29 is 26.4 Å². The number of benzene rings is 2. The Labute approximate surface area is 185 Å². The van der Waals surface area contributed by atoms with Crippen molar-refractivity contribution in [3.8, 4) is 0 Å². The van der Waals surface area contributed by atoms with Gasteiger partial charge in [-0.05, 0) is 61.3 Å². The molecule has 10 heteroatoms. The Hall–Kier alpha value is -2.43. The molecule has 1 amide bonds. The highest BCUT2D eigenvalue weighted by molar-refractivity contribution is 7.89. The van der Waals surface area contributed by atoms with Gasteiger partial charge in [0.25, 0.3) is 5.91 Å². The van der Waals surface area contributed by atoms with E-state index in [1.165, 1.54) is 43.5 Å². The number of piperidine rings is 1. The number of halogens is 3. The predicted octanol–water partition coefficient (Wildman–Crippen LogP) is 3.44. The molecule has 0 spiro atoms. The lowest BCUT2D eigenvalue weighted by atomic mass is 10.1. The lowest BCUT2D eigenvalue weighted by Gasteiger charge is -2.27. The van der Waals surface area contributed by atoms with Crippen molar-refractivity contribution in [2.75, 3.05) is 19.6 Å². The number of nitrogens with one attached hydrogen (secondary N) is 2. The Kier molecular flexibility index (Phi) is 7.91. The van der Waals surface area contributed by atoms with Crippen molar-refractivity contribution in [1.29, 1.82) is 0 Å². The summed E-state index contributed by atoms with van der Waals surface area (Å²) in [5.41, 5.74) is 1.89. The third-order valence-corrected chi connectivity index (χ3v) is 6.71. The number of alkyl halides is 3. The van der Waals surface area contributed by atoms with E-state index in [2.05, 4.69) is 9.62 Å². The van der Waals surface area contributed by atoms with Crippen molar-refractivity contribution in [1.82, 2.24) is 14.9 Å². The minimum Gasteiger partial charge on any atom is -0.343 e. The van der Waals surface area contributed by atoms with Crippen LogP contribution in [0.25, 0.3) is 0 Å². The van der Waals surface area contributed by atoms with E-state index in [0.29, 0.717) is 0 Å². The number of nitrogens with zero attached hydrogens (tertiary/aromatic N) is 1. The van der Waals surface area contributed by atoms with Crippen LogP contribution in [0.4, 0.5) is 13.2 Å². The third kappa shape index (κ3) is 7.04. The van der Waals surface area contributed by atoms with Gasteiger partial charge >= 0.3 is 6.18 Å². The zero-order valence-electron chi connectivity index (χ0n) is 17.5. The summed E-state index contributed by atoms with van der Waals surface area (Å²) in [4.78, 5) is 14.1. The van der Waals surface area contributed by atoms with Gasteiger partial charge in [0, 0.05) is 18.7 Å². The summed E-state index contributed by atoms with van der Waals surface area (Å²) in [6, 6.07) is 12.4. The quantitative estimate of drug-likeness (QED) is 0.621. The summed E-state index contributed by atoms with van der Waals surface area (Å²) in [6.45, 7) is 1.48. The summed E-state index contributed by atoms with van der Waals surface area (Å²) in [7, 11) is -3.86. The maximum absolute atomic E-state index is 12.7. The van der Waals surface area contributed by atoms with Crippen LogP contribution in [0.2, 0.25) is 0 Å². The zero-order chi connectivity index (χ0) is 23.2. The first kappa shape index (κ1) is 24.2. The molecule has 1 saturated heterocycles. The van der Waals surface area contributed by atoms with Gasteiger partial charge in [0.05, 0.1) is 4.90 Å². The number of carbonyl (C=O) groups excluding carboxylic acids is 1. The molecule has 2 N–H and O–H groups in total. The first-order chi connectivity index (χ1) is 15.1. The third-order valence-electron chi connectivity index (χ3n) is 5.29. The monoisotopic (exact) mass is 469 g/mol. The van der Waals surface area contributed by atoms with Crippen molar-refractivity contribution in [2.45, 2.75) is 43.4 Å². The number of hydrogen-bond acceptors (Lipinski definition) is 4. The van der Waals surface area contributed by atoms with Crippen LogP contribution in [0.3, 0.4) is 0 Å². The summed E-state index contributed by atoms with van der Waals surface area (Å²) < 4.78 is 64.6. The molecule has 0 radical (unpaired) electrons. The fourth-order valence-corrected chi connectivity index (χ4v) is 4.57. The SMILES string of the molecule is O=C(NCC(F)(F)F)c1ccc(S(=O)(=O)NCc2ccccc2CN2CCCCC2)cc1. The molecule has 0 saturated carbocycles. The van der Waals surface area contributed by atoms with E-state index in [1.54, 1.807) is 5.32 Å². The Morgan fingerprint density at radius 2 is 1.56 bits per heavy atom. The normalized spacial score (nSPS) is 15.5. The molecule has 0 unspecified atom stereocenters. The average molecular weight is 470 g/mol. The predicted molar refractivity (Wildman–Crippen MR) is 114 cm³/mol. The van der Waals surface area contributed by atoms with Crippen molar-refractivity contribution in [3.05, 3.63) is 65.2 Å². The Balaban J connectivity index is 1.62. The van der Waals surface area contributed by atoms with Gasteiger partial charge in [-0.15, -0.1) is 0 Å². The minimum absolute atomic E-state index is 0.0555. The van der Waals surface area contributed by atoms with Gasteiger partial charge in [0.1, 0.15) is 6.54 Å². The maximum atomic E-state index is 12.7. The molecule has 0 bridgehead atoms. The molecule has 2 aromatic carbocycles. The smallest absolute Gasteiger partial charge is 0.343 e. The summed E-state index contributed by atoms with van der Waals surface area (Å²) >= 11 is 0. The maximum Gasteiger partial charge on any atom is 0.405 e. The second-order valence-electron chi connectivity index (χ2n) is 7.75. The molecule has 3 rings (SSSR count). The van der Waals surface area contributed by atoms with E-state index in [9.17, 15) is 26.4 Å². The first-order valence-corrected chi connectivity index (χ1v) is 11.9. The lowest BCUT2D eigenvalue weighted by molar-refractivity contribution is -0.123. The second kappa shape index (κ2) is 10.5. The van der Waals surface area contributed by atoms with Gasteiger partial charge in [-0.2, -0.15) is 13.2 Å². The largest absolute Gasteiger partial charge is 0.405 e. The fraction of sp³-hybridized carbons (Fsp3) is 0.409. The molecule has 1 aliphatic heterocycles. The van der Waals surface area contributed by atoms with Crippen LogP contribution in [0.15, 0.2) is 53.4 Å². The van der Waals surface area contributed by atoms with Crippen LogP contribution in [-0.2, 0) is 23.1 Å². The number of amides is 1. The van der Waals surface area contributed by atoms with E-state index in [1.807, 2.05) is 24.3 Å². The molecule has 0 atom stereocenters. The number of carbonyl (C=O) groups is 1. The standard InChI is InChI=1S/C22H26F3N3O3S/c23-22(24,25)16-26-21(29)17-8-10-20(11-9-17)32(30,31)27-14-18-6-2-3-7-19(18)15-28-12-4-1-5-13-28/h2-3,6-11,27H,1,4-5,12-16H2,(H,26,29). The van der Waals surface area contributed by atoms with Crippen molar-refractivity contribution >= 4 is 15.9 Å². The highest BCUT2D eigenvalue weighted by atomic mass is 32.2. The van der Waals surface area contributed by atoms with Gasteiger partial charge in [-0.1, -0.05) is 30.7 Å². The molecular formula is C22H26F3N3O3S. The first-order valence-electron chi connectivity index (χ1n) is 10.4. The van der Waals surface area contributed by atoms with Crippen molar-refractivity contribution in [2.24, 2.45) is 0 Å². The van der Waals surface area contributed by atoms with E-state index in [4.69, 9.17) is 0 Å². The van der Waals surface area contributed by atoms with Crippen molar-refractivity contribution in [3.63, 3.8) is 0 Å². The van der Waals surface area contributed by atoms with E-state index in [-0.39, 0.29) is 17.0 Å². The second-order valence-corrected chi connectivity index (χ2v) is 9.52. The topological polar surface area (TPSA) is 78.5 Å². The highest BCUT2D eigenvalue weighted by Gasteiger charge is 2.28. The van der Waals surface area contributed by atoms with Crippen LogP contribution in [0.1, 0.15) is 40.7 Å². The van der Waals surface area contributed by atoms with Gasteiger partial charge < -0.3 is 5.32 Å².